The summed E-state index contributed by atoms with van der Waals surface area (Å²) >= 11 is 0. The molecule has 0 N–H and O–H groups in total. The maximum Gasteiger partial charge on any atom is 0.0839 e. The van der Waals surface area contributed by atoms with Crippen LogP contribution in [0.1, 0.15) is 33.6 Å². The Hall–Kier alpha value is -0.0800. The maximum atomic E-state index is 5.70. The van der Waals surface area contributed by atoms with E-state index in [0.29, 0.717) is 5.92 Å². The van der Waals surface area contributed by atoms with Gasteiger partial charge in [-0.15, -0.1) is 0 Å². The first-order valence-corrected chi connectivity index (χ1v) is 5.42. The van der Waals surface area contributed by atoms with E-state index in [0.717, 1.165) is 6.54 Å². The number of hydrogen-bond acceptors (Lipinski definition) is 2. The molecular weight excluding hydrogens is 162 g/mol. The van der Waals surface area contributed by atoms with Crippen molar-refractivity contribution in [2.45, 2.75) is 39.2 Å². The van der Waals surface area contributed by atoms with Gasteiger partial charge in [-0.2, -0.15) is 0 Å². The molecule has 0 bridgehead atoms. The highest BCUT2D eigenvalue weighted by atomic mass is 16.5. The molecule has 78 valence electrons. The minimum Gasteiger partial charge on any atom is -0.377 e. The molecule has 2 heteroatoms. The van der Waals surface area contributed by atoms with E-state index in [9.17, 15) is 0 Å². The Morgan fingerprint density at radius 3 is 2.54 bits per heavy atom. The Balaban J connectivity index is 2.52. The van der Waals surface area contributed by atoms with E-state index in [1.807, 2.05) is 7.11 Å². The van der Waals surface area contributed by atoms with E-state index in [2.05, 4.69) is 25.7 Å². The lowest BCUT2D eigenvalue weighted by molar-refractivity contribution is -0.0382. The van der Waals surface area contributed by atoms with Crippen LogP contribution in [0.2, 0.25) is 0 Å². The predicted octanol–water partition coefficient (Wildman–Crippen LogP) is 2.14. The summed E-state index contributed by atoms with van der Waals surface area (Å²) in [7, 11) is 1.86. The van der Waals surface area contributed by atoms with Crippen molar-refractivity contribution in [3.63, 3.8) is 0 Å². The van der Waals surface area contributed by atoms with Crippen LogP contribution in [0.15, 0.2) is 0 Å². The largest absolute Gasteiger partial charge is 0.377 e. The number of rotatable bonds is 4. The van der Waals surface area contributed by atoms with Crippen molar-refractivity contribution in [1.82, 2.24) is 4.90 Å². The second-order valence-electron chi connectivity index (χ2n) is 4.45. The Morgan fingerprint density at radius 2 is 2.15 bits per heavy atom. The molecule has 0 radical (unpaired) electrons. The van der Waals surface area contributed by atoms with Crippen molar-refractivity contribution in [2.75, 3.05) is 26.7 Å². The molecule has 1 aliphatic rings. The standard InChI is InChI=1S/C11H23NO/c1-5-7-12-8-6-11(9-12,13-4)10(2)3/h10H,5-9H2,1-4H3. The number of likely N-dealkylation sites (tertiary alicyclic amines) is 1. The lowest BCUT2D eigenvalue weighted by atomic mass is 9.89. The zero-order valence-electron chi connectivity index (χ0n) is 9.47. The van der Waals surface area contributed by atoms with Gasteiger partial charge in [0, 0.05) is 20.2 Å². The molecule has 0 aliphatic carbocycles. The lowest BCUT2D eigenvalue weighted by Crippen LogP contribution is -2.40. The van der Waals surface area contributed by atoms with E-state index in [1.54, 1.807) is 0 Å². The molecule has 1 heterocycles. The van der Waals surface area contributed by atoms with Crippen LogP contribution in [0.5, 0.6) is 0 Å². The van der Waals surface area contributed by atoms with Gasteiger partial charge in [-0.25, -0.2) is 0 Å². The third-order valence-electron chi connectivity index (χ3n) is 3.34. The molecule has 0 spiro atoms. The van der Waals surface area contributed by atoms with Gasteiger partial charge in [0.2, 0.25) is 0 Å². The van der Waals surface area contributed by atoms with Crippen molar-refractivity contribution >= 4 is 0 Å². The second-order valence-corrected chi connectivity index (χ2v) is 4.45. The minimum absolute atomic E-state index is 0.134. The van der Waals surface area contributed by atoms with Gasteiger partial charge >= 0.3 is 0 Å². The average Bonchev–Trinajstić information content (AvgIpc) is 2.50. The van der Waals surface area contributed by atoms with Crippen molar-refractivity contribution in [2.24, 2.45) is 5.92 Å². The molecule has 0 aromatic rings. The molecule has 1 unspecified atom stereocenters. The van der Waals surface area contributed by atoms with Crippen LogP contribution in [0, 0.1) is 5.92 Å². The number of methoxy groups -OCH3 is 1. The van der Waals surface area contributed by atoms with Gasteiger partial charge < -0.3 is 9.64 Å². The van der Waals surface area contributed by atoms with Crippen LogP contribution in [0.25, 0.3) is 0 Å². The Morgan fingerprint density at radius 1 is 1.46 bits per heavy atom. The lowest BCUT2D eigenvalue weighted by Gasteiger charge is -2.32. The van der Waals surface area contributed by atoms with Crippen molar-refractivity contribution in [3.8, 4) is 0 Å². The summed E-state index contributed by atoms with van der Waals surface area (Å²) in [4.78, 5) is 2.52. The Labute approximate surface area is 82.3 Å². The van der Waals surface area contributed by atoms with E-state index in [4.69, 9.17) is 4.74 Å². The van der Waals surface area contributed by atoms with Gasteiger partial charge in [-0.1, -0.05) is 20.8 Å². The smallest absolute Gasteiger partial charge is 0.0839 e. The first kappa shape index (κ1) is 11.0. The van der Waals surface area contributed by atoms with Crippen molar-refractivity contribution < 1.29 is 4.74 Å². The monoisotopic (exact) mass is 185 g/mol. The van der Waals surface area contributed by atoms with Gasteiger partial charge in [-0.3, -0.25) is 0 Å². The fourth-order valence-corrected chi connectivity index (χ4v) is 2.26. The number of hydrogen-bond donors (Lipinski definition) is 0. The van der Waals surface area contributed by atoms with E-state index >= 15 is 0 Å². The number of nitrogens with zero attached hydrogens (tertiary/aromatic N) is 1. The van der Waals surface area contributed by atoms with Crippen LogP contribution < -0.4 is 0 Å². The Bertz CT molecular complexity index is 158. The predicted molar refractivity (Wildman–Crippen MR) is 55.9 cm³/mol. The molecule has 1 aliphatic heterocycles. The molecule has 13 heavy (non-hydrogen) atoms. The third kappa shape index (κ3) is 2.23. The third-order valence-corrected chi connectivity index (χ3v) is 3.34. The van der Waals surface area contributed by atoms with Crippen LogP contribution in [0.3, 0.4) is 0 Å². The summed E-state index contributed by atoms with van der Waals surface area (Å²) in [5.74, 6) is 0.624. The zero-order valence-corrected chi connectivity index (χ0v) is 9.47. The van der Waals surface area contributed by atoms with E-state index < -0.39 is 0 Å². The molecule has 1 saturated heterocycles. The van der Waals surface area contributed by atoms with Gasteiger partial charge in [0.1, 0.15) is 0 Å². The fraction of sp³-hybridized carbons (Fsp3) is 1.00. The van der Waals surface area contributed by atoms with Gasteiger partial charge in [-0.05, 0) is 25.3 Å². The maximum absolute atomic E-state index is 5.70. The highest BCUT2D eigenvalue weighted by Gasteiger charge is 2.40. The van der Waals surface area contributed by atoms with Gasteiger partial charge in [0.05, 0.1) is 5.60 Å². The van der Waals surface area contributed by atoms with E-state index in [1.165, 1.54) is 25.9 Å². The zero-order chi connectivity index (χ0) is 9.90. The van der Waals surface area contributed by atoms with Crippen LogP contribution in [-0.2, 0) is 4.74 Å². The summed E-state index contributed by atoms with van der Waals surface area (Å²) in [6.07, 6.45) is 2.44. The molecule has 1 atom stereocenters. The highest BCUT2D eigenvalue weighted by molar-refractivity contribution is 4.93. The van der Waals surface area contributed by atoms with E-state index in [-0.39, 0.29) is 5.60 Å². The van der Waals surface area contributed by atoms with Crippen molar-refractivity contribution in [1.29, 1.82) is 0 Å². The quantitative estimate of drug-likeness (QED) is 0.665. The molecule has 0 amide bonds. The summed E-state index contributed by atoms with van der Waals surface area (Å²) in [5.41, 5.74) is 0.134. The molecule has 0 aromatic heterocycles. The summed E-state index contributed by atoms with van der Waals surface area (Å²) in [6.45, 7) is 10.3. The first-order chi connectivity index (χ1) is 6.14. The normalized spacial score (nSPS) is 30.2. The second kappa shape index (κ2) is 4.43. The van der Waals surface area contributed by atoms with Crippen LogP contribution >= 0.6 is 0 Å². The summed E-state index contributed by atoms with van der Waals surface area (Å²) in [5, 5.41) is 0. The van der Waals surface area contributed by atoms with Crippen molar-refractivity contribution in [3.05, 3.63) is 0 Å². The average molecular weight is 185 g/mol. The summed E-state index contributed by atoms with van der Waals surface area (Å²) < 4.78 is 5.70. The molecule has 2 nitrogen and oxygen atoms in total. The SMILES string of the molecule is CCCN1CCC(OC)(C(C)C)C1. The summed E-state index contributed by atoms with van der Waals surface area (Å²) in [6, 6.07) is 0. The fourth-order valence-electron chi connectivity index (χ4n) is 2.26. The Kier molecular flexibility index (Phi) is 3.74. The van der Waals surface area contributed by atoms with Gasteiger partial charge in [0.15, 0.2) is 0 Å². The van der Waals surface area contributed by atoms with Gasteiger partial charge in [0.25, 0.3) is 0 Å². The first-order valence-electron chi connectivity index (χ1n) is 5.42. The topological polar surface area (TPSA) is 12.5 Å². The molecule has 1 fully saturated rings. The molecule has 1 rings (SSSR count). The molecular formula is C11H23NO. The number of ether oxygens (including phenoxy) is 1. The van der Waals surface area contributed by atoms with Crippen LogP contribution in [-0.4, -0.2) is 37.2 Å². The molecule has 0 aromatic carbocycles. The van der Waals surface area contributed by atoms with Crippen LogP contribution in [0.4, 0.5) is 0 Å². The molecule has 0 saturated carbocycles. The highest BCUT2D eigenvalue weighted by Crippen LogP contribution is 2.31. The minimum atomic E-state index is 0.134.